The Bertz CT molecular complexity index is 816. The van der Waals surface area contributed by atoms with Crippen LogP contribution in [0.2, 0.25) is 0 Å². The number of hydrogen-bond donors (Lipinski definition) is 1. The van der Waals surface area contributed by atoms with Crippen LogP contribution in [0.1, 0.15) is 18.1 Å². The Balaban J connectivity index is 1.70. The largest absolute Gasteiger partial charge is 0.488 e. The van der Waals surface area contributed by atoms with Crippen molar-refractivity contribution in [3.63, 3.8) is 0 Å². The van der Waals surface area contributed by atoms with Gasteiger partial charge in [0.15, 0.2) is 0 Å². The number of rotatable bonds is 7. The number of halogens is 2. The van der Waals surface area contributed by atoms with Gasteiger partial charge in [0, 0.05) is 24.6 Å². The van der Waals surface area contributed by atoms with Crippen LogP contribution in [-0.2, 0) is 14.8 Å². The van der Waals surface area contributed by atoms with Crippen LogP contribution in [-0.4, -0.2) is 39.1 Å². The molecule has 2 heterocycles. The number of pyridine rings is 1. The van der Waals surface area contributed by atoms with Gasteiger partial charge in [-0.2, -0.15) is 0 Å². The maximum atomic E-state index is 12.6. The molecule has 1 aromatic carbocycles. The lowest BCUT2D eigenvalue weighted by atomic mass is 10.1. The minimum Gasteiger partial charge on any atom is -0.488 e. The molecule has 0 aliphatic carbocycles. The summed E-state index contributed by atoms with van der Waals surface area (Å²) in [6.07, 6.45) is 0.815. The summed E-state index contributed by atoms with van der Waals surface area (Å²) in [6, 6.07) is 8.51. The standard InChI is InChI=1S/C17H18F2N2O4S/c18-16(19)11-25-13-3-5-14(6-4-13)26(22,23)21-15-7-9-24-17(15)12-2-1-8-20-10-12/h1-6,8,10,15-17,21H,7,9,11H2/t15-,17+/m0/s1. The molecular formula is C17H18F2N2O4S. The molecule has 6 nitrogen and oxygen atoms in total. The summed E-state index contributed by atoms with van der Waals surface area (Å²) in [5.74, 6) is 0.182. The van der Waals surface area contributed by atoms with Gasteiger partial charge in [0.1, 0.15) is 18.5 Å². The minimum atomic E-state index is -3.79. The topological polar surface area (TPSA) is 77.5 Å². The third-order valence-electron chi connectivity index (χ3n) is 3.92. The average Bonchev–Trinajstić information content (AvgIpc) is 3.08. The Labute approximate surface area is 150 Å². The number of benzene rings is 1. The zero-order valence-electron chi connectivity index (χ0n) is 13.7. The number of sulfonamides is 1. The van der Waals surface area contributed by atoms with Gasteiger partial charge < -0.3 is 9.47 Å². The van der Waals surface area contributed by atoms with Crippen molar-refractivity contribution in [1.29, 1.82) is 0 Å². The predicted octanol–water partition coefficient (Wildman–Crippen LogP) is 2.53. The van der Waals surface area contributed by atoms with E-state index >= 15 is 0 Å². The Morgan fingerprint density at radius 1 is 1.27 bits per heavy atom. The highest BCUT2D eigenvalue weighted by atomic mass is 32.2. The van der Waals surface area contributed by atoms with Gasteiger partial charge in [0.25, 0.3) is 6.43 Å². The average molecular weight is 384 g/mol. The van der Waals surface area contributed by atoms with Gasteiger partial charge in [-0.25, -0.2) is 21.9 Å². The Kier molecular flexibility index (Phi) is 5.80. The van der Waals surface area contributed by atoms with E-state index in [1.165, 1.54) is 24.3 Å². The third-order valence-corrected chi connectivity index (χ3v) is 5.43. The van der Waals surface area contributed by atoms with Crippen molar-refractivity contribution in [2.45, 2.75) is 29.9 Å². The fourth-order valence-corrected chi connectivity index (χ4v) is 4.00. The highest BCUT2D eigenvalue weighted by Gasteiger charge is 2.33. The summed E-state index contributed by atoms with van der Waals surface area (Å²) in [6.45, 7) is -0.302. The van der Waals surface area contributed by atoms with E-state index in [4.69, 9.17) is 9.47 Å². The Morgan fingerprint density at radius 2 is 2.04 bits per heavy atom. The second kappa shape index (κ2) is 8.07. The van der Waals surface area contributed by atoms with Crippen LogP contribution in [0.5, 0.6) is 5.75 Å². The molecule has 2 aromatic rings. The van der Waals surface area contributed by atoms with E-state index in [-0.39, 0.29) is 10.6 Å². The number of nitrogens with zero attached hydrogens (tertiary/aromatic N) is 1. The van der Waals surface area contributed by atoms with Crippen LogP contribution in [0, 0.1) is 0 Å². The van der Waals surface area contributed by atoms with Gasteiger partial charge in [-0.1, -0.05) is 6.07 Å². The molecule has 3 rings (SSSR count). The molecule has 1 fully saturated rings. The zero-order chi connectivity index (χ0) is 18.6. The lowest BCUT2D eigenvalue weighted by Gasteiger charge is -2.20. The van der Waals surface area contributed by atoms with Crippen LogP contribution in [0.15, 0.2) is 53.7 Å². The maximum absolute atomic E-state index is 12.6. The molecule has 1 N–H and O–H groups in total. The molecule has 2 atom stereocenters. The molecule has 0 amide bonds. The molecule has 1 aromatic heterocycles. The predicted molar refractivity (Wildman–Crippen MR) is 89.6 cm³/mol. The summed E-state index contributed by atoms with van der Waals surface area (Å²) in [4.78, 5) is 4.06. The van der Waals surface area contributed by atoms with Crippen LogP contribution in [0.3, 0.4) is 0 Å². The number of aromatic nitrogens is 1. The molecule has 0 unspecified atom stereocenters. The first-order chi connectivity index (χ1) is 12.5. The first-order valence-corrected chi connectivity index (χ1v) is 9.49. The summed E-state index contributed by atoms with van der Waals surface area (Å²) in [5, 5.41) is 0. The number of alkyl halides is 2. The Hall–Kier alpha value is -2.10. The van der Waals surface area contributed by atoms with Crippen molar-refractivity contribution in [2.75, 3.05) is 13.2 Å². The summed E-state index contributed by atoms with van der Waals surface area (Å²) < 4.78 is 62.6. The van der Waals surface area contributed by atoms with Crippen molar-refractivity contribution >= 4 is 10.0 Å². The molecule has 1 aliphatic rings. The van der Waals surface area contributed by atoms with E-state index in [9.17, 15) is 17.2 Å². The lowest BCUT2D eigenvalue weighted by molar-refractivity contribution is 0.0819. The molecule has 0 spiro atoms. The van der Waals surface area contributed by atoms with E-state index in [2.05, 4.69) is 9.71 Å². The minimum absolute atomic E-state index is 0.0266. The van der Waals surface area contributed by atoms with E-state index in [0.29, 0.717) is 13.0 Å². The van der Waals surface area contributed by atoms with E-state index in [0.717, 1.165) is 5.56 Å². The summed E-state index contributed by atoms with van der Waals surface area (Å²) in [5.41, 5.74) is 0.799. The number of hydrogen-bond acceptors (Lipinski definition) is 5. The quantitative estimate of drug-likeness (QED) is 0.794. The van der Waals surface area contributed by atoms with Gasteiger partial charge in [0.2, 0.25) is 10.0 Å². The van der Waals surface area contributed by atoms with Crippen molar-refractivity contribution in [2.24, 2.45) is 0 Å². The van der Waals surface area contributed by atoms with Crippen molar-refractivity contribution in [3.05, 3.63) is 54.4 Å². The first kappa shape index (κ1) is 18.7. The van der Waals surface area contributed by atoms with Crippen LogP contribution in [0.25, 0.3) is 0 Å². The summed E-state index contributed by atoms with van der Waals surface area (Å²) in [7, 11) is -3.79. The maximum Gasteiger partial charge on any atom is 0.272 e. The fraction of sp³-hybridized carbons (Fsp3) is 0.353. The van der Waals surface area contributed by atoms with Gasteiger partial charge >= 0.3 is 0 Å². The molecule has 9 heteroatoms. The molecule has 0 saturated carbocycles. The highest BCUT2D eigenvalue weighted by molar-refractivity contribution is 7.89. The lowest BCUT2D eigenvalue weighted by Crippen LogP contribution is -2.36. The van der Waals surface area contributed by atoms with E-state index in [1.807, 2.05) is 6.07 Å². The van der Waals surface area contributed by atoms with Crippen molar-refractivity contribution in [1.82, 2.24) is 9.71 Å². The van der Waals surface area contributed by atoms with Gasteiger partial charge in [0.05, 0.1) is 10.9 Å². The normalized spacial score (nSPS) is 20.4. The van der Waals surface area contributed by atoms with Crippen molar-refractivity contribution in [3.8, 4) is 5.75 Å². The third kappa shape index (κ3) is 4.54. The Morgan fingerprint density at radius 3 is 2.69 bits per heavy atom. The number of nitrogens with one attached hydrogen (secondary N) is 1. The second-order valence-corrected chi connectivity index (χ2v) is 7.48. The smallest absolute Gasteiger partial charge is 0.272 e. The molecule has 26 heavy (non-hydrogen) atoms. The molecule has 1 aliphatic heterocycles. The SMILES string of the molecule is O=S(=O)(N[C@H]1CCO[C@@H]1c1cccnc1)c1ccc(OCC(F)F)cc1. The van der Waals surface area contributed by atoms with Crippen LogP contribution >= 0.6 is 0 Å². The molecule has 0 bridgehead atoms. The second-order valence-electron chi connectivity index (χ2n) is 5.77. The van der Waals surface area contributed by atoms with Crippen molar-refractivity contribution < 1.29 is 26.7 Å². The monoisotopic (exact) mass is 384 g/mol. The first-order valence-electron chi connectivity index (χ1n) is 8.00. The fourth-order valence-electron chi connectivity index (χ4n) is 2.72. The molecule has 0 radical (unpaired) electrons. The highest BCUT2D eigenvalue weighted by Crippen LogP contribution is 2.30. The van der Waals surface area contributed by atoms with E-state index in [1.54, 1.807) is 18.5 Å². The van der Waals surface area contributed by atoms with Gasteiger partial charge in [-0.3, -0.25) is 4.98 Å². The zero-order valence-corrected chi connectivity index (χ0v) is 14.5. The molecule has 1 saturated heterocycles. The number of ether oxygens (including phenoxy) is 2. The van der Waals surface area contributed by atoms with Crippen LogP contribution < -0.4 is 9.46 Å². The van der Waals surface area contributed by atoms with Gasteiger partial charge in [-0.15, -0.1) is 0 Å². The van der Waals surface area contributed by atoms with E-state index < -0.39 is 35.2 Å². The van der Waals surface area contributed by atoms with Gasteiger partial charge in [-0.05, 0) is 36.8 Å². The molecular weight excluding hydrogens is 366 g/mol. The molecule has 140 valence electrons. The summed E-state index contributed by atoms with van der Waals surface area (Å²) >= 11 is 0. The van der Waals surface area contributed by atoms with Crippen LogP contribution in [0.4, 0.5) is 8.78 Å².